The third-order valence-electron chi connectivity index (χ3n) is 4.97. The van der Waals surface area contributed by atoms with Gasteiger partial charge in [-0.15, -0.1) is 15.3 Å². The zero-order valence-corrected chi connectivity index (χ0v) is 16.3. The number of rotatable bonds is 4. The summed E-state index contributed by atoms with van der Waals surface area (Å²) in [6, 6.07) is 3.89. The van der Waals surface area contributed by atoms with Crippen LogP contribution >= 0.6 is 0 Å². The number of nitrogens with zero attached hydrogens (tertiary/aromatic N) is 5. The van der Waals surface area contributed by atoms with E-state index in [4.69, 9.17) is 4.74 Å². The fourth-order valence-corrected chi connectivity index (χ4v) is 3.47. The summed E-state index contributed by atoms with van der Waals surface area (Å²) in [5.41, 5.74) is 0.330. The van der Waals surface area contributed by atoms with Gasteiger partial charge in [0, 0.05) is 25.6 Å². The highest BCUT2D eigenvalue weighted by Crippen LogP contribution is 2.38. The van der Waals surface area contributed by atoms with E-state index in [0.717, 1.165) is 43.2 Å². The summed E-state index contributed by atoms with van der Waals surface area (Å²) in [5, 5.41) is 16.5. The summed E-state index contributed by atoms with van der Waals surface area (Å²) in [6.07, 6.45) is 4.21. The summed E-state index contributed by atoms with van der Waals surface area (Å²) in [6.45, 7) is 7.95. The summed E-state index contributed by atoms with van der Waals surface area (Å²) in [5.74, 6) is 2.66. The van der Waals surface area contributed by atoms with E-state index in [0.29, 0.717) is 18.4 Å². The number of carbonyl (C=O) groups excluding carboxylic acids is 1. The molecule has 0 aromatic carbocycles. The van der Waals surface area contributed by atoms with E-state index >= 15 is 0 Å². The maximum absolute atomic E-state index is 12.3. The Kier molecular flexibility index (Phi) is 4.65. The van der Waals surface area contributed by atoms with Crippen molar-refractivity contribution in [1.29, 1.82) is 0 Å². The van der Waals surface area contributed by atoms with E-state index in [2.05, 4.69) is 20.6 Å². The fraction of sp³-hybridized carbons (Fsp3) is 0.684. The van der Waals surface area contributed by atoms with Crippen molar-refractivity contribution in [2.24, 2.45) is 5.92 Å². The number of likely N-dealkylation sites (tertiary alicyclic amines) is 1. The number of nitrogens with one attached hydrogen (secondary N) is 1. The topological polar surface area (TPSA) is 84.6 Å². The van der Waals surface area contributed by atoms with Crippen LogP contribution < -0.4 is 5.32 Å². The number of hydrogen-bond acceptors (Lipinski definition) is 6. The third-order valence-corrected chi connectivity index (χ3v) is 4.97. The molecule has 4 rings (SSSR count). The first-order valence-corrected chi connectivity index (χ1v) is 9.83. The Morgan fingerprint density at radius 1 is 1.26 bits per heavy atom. The van der Waals surface area contributed by atoms with Crippen molar-refractivity contribution in [3.63, 3.8) is 0 Å². The monoisotopic (exact) mass is 372 g/mol. The maximum atomic E-state index is 12.3. The van der Waals surface area contributed by atoms with Crippen LogP contribution in [0.2, 0.25) is 0 Å². The maximum Gasteiger partial charge on any atom is 0.410 e. The molecule has 2 aliphatic rings. The van der Waals surface area contributed by atoms with Gasteiger partial charge in [0.15, 0.2) is 11.5 Å². The highest BCUT2D eigenvalue weighted by atomic mass is 16.6. The minimum Gasteiger partial charge on any atom is -0.444 e. The zero-order chi connectivity index (χ0) is 19.0. The summed E-state index contributed by atoms with van der Waals surface area (Å²) < 4.78 is 7.36. The summed E-state index contributed by atoms with van der Waals surface area (Å²) in [7, 11) is 0. The molecule has 0 bridgehead atoms. The van der Waals surface area contributed by atoms with Crippen molar-refractivity contribution in [2.75, 3.05) is 25.0 Å². The van der Waals surface area contributed by atoms with Crippen molar-refractivity contribution >= 4 is 17.6 Å². The lowest BCUT2D eigenvalue weighted by Crippen LogP contribution is -2.44. The minimum atomic E-state index is -0.459. The molecule has 1 aliphatic heterocycles. The quantitative estimate of drug-likeness (QED) is 0.888. The molecule has 1 saturated carbocycles. The van der Waals surface area contributed by atoms with Crippen molar-refractivity contribution < 1.29 is 9.53 Å². The van der Waals surface area contributed by atoms with Gasteiger partial charge >= 0.3 is 6.09 Å². The van der Waals surface area contributed by atoms with E-state index in [9.17, 15) is 4.79 Å². The van der Waals surface area contributed by atoms with E-state index in [1.54, 1.807) is 0 Å². The Hall–Kier alpha value is -2.38. The summed E-state index contributed by atoms with van der Waals surface area (Å²) >= 11 is 0. The number of aromatic nitrogens is 4. The molecule has 3 heterocycles. The molecule has 2 fully saturated rings. The van der Waals surface area contributed by atoms with Crippen LogP contribution in [-0.2, 0) is 4.74 Å². The molecule has 1 atom stereocenters. The van der Waals surface area contributed by atoms with Crippen molar-refractivity contribution in [1.82, 2.24) is 24.7 Å². The van der Waals surface area contributed by atoms with Crippen LogP contribution in [-0.4, -0.2) is 56.0 Å². The molecule has 1 N–H and O–H groups in total. The molecule has 1 unspecified atom stereocenters. The number of fused-ring (bicyclic) bond motifs is 1. The number of hydrogen-bond donors (Lipinski definition) is 1. The van der Waals surface area contributed by atoms with Gasteiger partial charge in [-0.3, -0.25) is 0 Å². The van der Waals surface area contributed by atoms with Crippen LogP contribution in [0.25, 0.3) is 5.65 Å². The largest absolute Gasteiger partial charge is 0.444 e. The van der Waals surface area contributed by atoms with Gasteiger partial charge in [0.1, 0.15) is 11.4 Å². The Labute approximate surface area is 159 Å². The Morgan fingerprint density at radius 3 is 2.81 bits per heavy atom. The SMILES string of the molecule is CC(C)(C)OC(=O)N1CCCC(CNc2ccc3nnc(C4CC4)n3n2)C1. The predicted octanol–water partition coefficient (Wildman–Crippen LogP) is 3.06. The van der Waals surface area contributed by atoms with Gasteiger partial charge < -0.3 is 15.0 Å². The van der Waals surface area contributed by atoms with Gasteiger partial charge in [-0.1, -0.05) is 0 Å². The van der Waals surface area contributed by atoms with Gasteiger partial charge in [-0.05, 0) is 64.5 Å². The van der Waals surface area contributed by atoms with Gasteiger partial charge in [-0.2, -0.15) is 4.52 Å². The molecule has 1 amide bonds. The molecule has 27 heavy (non-hydrogen) atoms. The Morgan fingerprint density at radius 2 is 2.07 bits per heavy atom. The lowest BCUT2D eigenvalue weighted by atomic mass is 9.98. The lowest BCUT2D eigenvalue weighted by Gasteiger charge is -2.34. The average Bonchev–Trinajstić information content (AvgIpc) is 3.38. The molecule has 8 nitrogen and oxygen atoms in total. The minimum absolute atomic E-state index is 0.217. The molecule has 1 saturated heterocycles. The van der Waals surface area contributed by atoms with Crippen molar-refractivity contribution in [2.45, 2.75) is 58.0 Å². The molecule has 8 heteroatoms. The molecular weight excluding hydrogens is 344 g/mol. The first-order valence-electron chi connectivity index (χ1n) is 9.83. The average molecular weight is 372 g/mol. The second-order valence-corrected chi connectivity index (χ2v) is 8.64. The van der Waals surface area contributed by atoms with E-state index in [1.807, 2.05) is 42.3 Å². The zero-order valence-electron chi connectivity index (χ0n) is 16.3. The lowest BCUT2D eigenvalue weighted by molar-refractivity contribution is 0.0172. The third kappa shape index (κ3) is 4.31. The highest BCUT2D eigenvalue weighted by molar-refractivity contribution is 5.68. The molecular formula is C19H28N6O2. The molecule has 1 aliphatic carbocycles. The number of amides is 1. The molecule has 2 aromatic rings. The smallest absolute Gasteiger partial charge is 0.410 e. The molecule has 2 aromatic heterocycles. The number of piperidine rings is 1. The second-order valence-electron chi connectivity index (χ2n) is 8.64. The summed E-state index contributed by atoms with van der Waals surface area (Å²) in [4.78, 5) is 14.1. The Bertz CT molecular complexity index is 823. The van der Waals surface area contributed by atoms with Gasteiger partial charge in [0.25, 0.3) is 0 Å². The van der Waals surface area contributed by atoms with Crippen LogP contribution in [0, 0.1) is 5.92 Å². The molecule has 146 valence electrons. The number of ether oxygens (including phenoxy) is 1. The number of carbonyl (C=O) groups is 1. The van der Waals surface area contributed by atoms with Crippen LogP contribution in [0.1, 0.15) is 58.2 Å². The standard InChI is InChI=1S/C19H28N6O2/c1-19(2,3)27-18(26)24-10-4-5-13(12-24)11-20-15-8-9-16-21-22-17(14-6-7-14)25(16)23-15/h8-9,13-14H,4-7,10-12H2,1-3H3,(H,20,23). The Balaban J connectivity index is 1.36. The fourth-order valence-electron chi connectivity index (χ4n) is 3.47. The van der Waals surface area contributed by atoms with Gasteiger partial charge in [0.05, 0.1) is 0 Å². The van der Waals surface area contributed by atoms with Gasteiger partial charge in [0.2, 0.25) is 0 Å². The van der Waals surface area contributed by atoms with E-state index in [-0.39, 0.29) is 6.09 Å². The number of anilines is 1. The van der Waals surface area contributed by atoms with E-state index in [1.165, 1.54) is 12.8 Å². The van der Waals surface area contributed by atoms with Crippen LogP contribution in [0.3, 0.4) is 0 Å². The van der Waals surface area contributed by atoms with Crippen molar-refractivity contribution in [3.8, 4) is 0 Å². The first kappa shape index (κ1) is 18.0. The van der Waals surface area contributed by atoms with Crippen molar-refractivity contribution in [3.05, 3.63) is 18.0 Å². The van der Waals surface area contributed by atoms with Crippen LogP contribution in [0.15, 0.2) is 12.1 Å². The van der Waals surface area contributed by atoms with Crippen LogP contribution in [0.5, 0.6) is 0 Å². The molecule has 0 radical (unpaired) electrons. The highest BCUT2D eigenvalue weighted by Gasteiger charge is 2.30. The predicted molar refractivity (Wildman–Crippen MR) is 102 cm³/mol. The normalized spacial score (nSPS) is 20.7. The van der Waals surface area contributed by atoms with Crippen LogP contribution in [0.4, 0.5) is 10.6 Å². The second kappa shape index (κ2) is 6.98. The van der Waals surface area contributed by atoms with E-state index < -0.39 is 5.60 Å². The molecule has 0 spiro atoms. The first-order chi connectivity index (χ1) is 12.9. The van der Waals surface area contributed by atoms with Gasteiger partial charge in [-0.25, -0.2) is 4.79 Å².